The van der Waals surface area contributed by atoms with Gasteiger partial charge in [-0.25, -0.2) is 19.6 Å². The van der Waals surface area contributed by atoms with Crippen LogP contribution in [0.25, 0.3) is 21.2 Å². The van der Waals surface area contributed by atoms with Gasteiger partial charge in [0.15, 0.2) is 0 Å². The first kappa shape index (κ1) is 18.5. The molecule has 9 heteroatoms. The number of amides is 1. The van der Waals surface area contributed by atoms with E-state index < -0.39 is 11.7 Å². The third kappa shape index (κ3) is 3.85. The molecule has 0 radical (unpaired) electrons. The maximum absolute atomic E-state index is 12.0. The van der Waals surface area contributed by atoms with Crippen LogP contribution in [0.5, 0.6) is 0 Å². The lowest BCUT2D eigenvalue weighted by atomic mass is 10.1. The lowest BCUT2D eigenvalue weighted by molar-refractivity contribution is 0.168. The fraction of sp³-hybridized carbons (Fsp3) is 0.158. The molecule has 4 aromatic rings. The third-order valence-electron chi connectivity index (χ3n) is 3.93. The van der Waals surface area contributed by atoms with E-state index in [0.29, 0.717) is 17.0 Å². The summed E-state index contributed by atoms with van der Waals surface area (Å²) in [6.07, 6.45) is 0.988. The Morgan fingerprint density at radius 1 is 1.29 bits per heavy atom. The minimum atomic E-state index is -0.556. The second-order valence-corrected chi connectivity index (χ2v) is 7.63. The lowest BCUT2D eigenvalue weighted by Gasteiger charge is -2.08. The number of benzene rings is 1. The second kappa shape index (κ2) is 7.99. The van der Waals surface area contributed by atoms with Crippen LogP contribution in [0, 0.1) is 0 Å². The minimum Gasteiger partial charge on any atom is -0.450 e. The van der Waals surface area contributed by atoms with Crippen LogP contribution in [0.15, 0.2) is 56.3 Å². The van der Waals surface area contributed by atoms with Crippen LogP contribution in [0.1, 0.15) is 12.5 Å². The van der Waals surface area contributed by atoms with Crippen molar-refractivity contribution in [2.45, 2.75) is 17.7 Å². The van der Waals surface area contributed by atoms with Gasteiger partial charge in [0.05, 0.1) is 16.8 Å². The van der Waals surface area contributed by atoms with E-state index in [0.717, 1.165) is 26.2 Å². The monoisotopic (exact) mass is 413 g/mol. The average Bonchev–Trinajstić information content (AvgIpc) is 3.15. The number of ether oxygens (including phenoxy) is 1. The number of aromatic nitrogens is 2. The standard InChI is InChI=1S/C19H15N3O4S2/c1-2-25-19(24)22-12-3-4-13-11(7-16(23)26-15(13)8-12)9-28-18-17-14(5-6-27-17)20-10-21-18/h3-8,10H,2,9H2,1H3,(H,22,24). The van der Waals surface area contributed by atoms with E-state index in [1.165, 1.54) is 6.07 Å². The minimum absolute atomic E-state index is 0.274. The molecule has 0 atom stereocenters. The van der Waals surface area contributed by atoms with Gasteiger partial charge in [-0.2, -0.15) is 0 Å². The summed E-state index contributed by atoms with van der Waals surface area (Å²) in [6.45, 7) is 2.00. The number of thioether (sulfide) groups is 1. The predicted molar refractivity (Wildman–Crippen MR) is 110 cm³/mol. The first-order chi connectivity index (χ1) is 13.6. The van der Waals surface area contributed by atoms with Crippen molar-refractivity contribution >= 4 is 56.1 Å². The summed E-state index contributed by atoms with van der Waals surface area (Å²) in [6, 6.07) is 8.62. The average molecular weight is 413 g/mol. The summed E-state index contributed by atoms with van der Waals surface area (Å²) in [5.41, 5.74) is 2.20. The van der Waals surface area contributed by atoms with Crippen molar-refractivity contribution in [3.63, 3.8) is 0 Å². The Morgan fingerprint density at radius 2 is 2.18 bits per heavy atom. The topological polar surface area (TPSA) is 94.3 Å². The summed E-state index contributed by atoms with van der Waals surface area (Å²) < 4.78 is 11.2. The van der Waals surface area contributed by atoms with Gasteiger partial charge in [0.2, 0.25) is 0 Å². The summed E-state index contributed by atoms with van der Waals surface area (Å²) >= 11 is 3.13. The Kier molecular flexibility index (Phi) is 5.27. The second-order valence-electron chi connectivity index (χ2n) is 5.75. The molecule has 1 amide bonds. The van der Waals surface area contributed by atoms with E-state index in [4.69, 9.17) is 9.15 Å². The molecule has 142 valence electrons. The van der Waals surface area contributed by atoms with Gasteiger partial charge in [-0.3, -0.25) is 5.32 Å². The molecule has 0 unspecified atom stereocenters. The number of hydrogen-bond acceptors (Lipinski definition) is 8. The quantitative estimate of drug-likeness (QED) is 0.289. The van der Waals surface area contributed by atoms with Gasteiger partial charge in [0, 0.05) is 29.0 Å². The first-order valence-corrected chi connectivity index (χ1v) is 10.3. The van der Waals surface area contributed by atoms with Gasteiger partial charge in [-0.1, -0.05) is 0 Å². The largest absolute Gasteiger partial charge is 0.450 e. The van der Waals surface area contributed by atoms with Gasteiger partial charge in [0.1, 0.15) is 16.9 Å². The third-order valence-corrected chi connectivity index (χ3v) is 6.00. The Bertz CT molecular complexity index is 1220. The number of thiophene rings is 1. The van der Waals surface area contributed by atoms with Gasteiger partial charge in [-0.05, 0) is 36.1 Å². The molecular weight excluding hydrogens is 398 g/mol. The number of carbonyl (C=O) groups is 1. The van der Waals surface area contributed by atoms with Crippen molar-refractivity contribution in [2.24, 2.45) is 0 Å². The highest BCUT2D eigenvalue weighted by Gasteiger charge is 2.11. The molecule has 0 aliphatic heterocycles. The number of rotatable bonds is 5. The SMILES string of the molecule is CCOC(=O)Nc1ccc2c(CSc3ncnc4ccsc34)cc(=O)oc2c1. The number of hydrogen-bond donors (Lipinski definition) is 1. The number of nitrogens with one attached hydrogen (secondary N) is 1. The number of carbonyl (C=O) groups excluding carboxylic acids is 1. The Hall–Kier alpha value is -2.91. The van der Waals surface area contributed by atoms with E-state index in [1.54, 1.807) is 48.5 Å². The Morgan fingerprint density at radius 3 is 3.04 bits per heavy atom. The van der Waals surface area contributed by atoms with Crippen LogP contribution >= 0.6 is 23.1 Å². The van der Waals surface area contributed by atoms with E-state index in [-0.39, 0.29) is 6.61 Å². The van der Waals surface area contributed by atoms with E-state index in [9.17, 15) is 9.59 Å². The molecule has 7 nitrogen and oxygen atoms in total. The van der Waals surface area contributed by atoms with Crippen molar-refractivity contribution < 1.29 is 13.9 Å². The molecule has 1 aromatic carbocycles. The van der Waals surface area contributed by atoms with Crippen LogP contribution in [0.3, 0.4) is 0 Å². The Balaban J connectivity index is 1.62. The highest BCUT2D eigenvalue weighted by atomic mass is 32.2. The number of anilines is 1. The summed E-state index contributed by atoms with van der Waals surface area (Å²) in [4.78, 5) is 32.2. The fourth-order valence-electron chi connectivity index (χ4n) is 2.73. The van der Waals surface area contributed by atoms with Crippen LogP contribution in [-0.2, 0) is 10.5 Å². The molecule has 0 aliphatic carbocycles. The van der Waals surface area contributed by atoms with Crippen LogP contribution in [0.2, 0.25) is 0 Å². The maximum atomic E-state index is 12.0. The molecule has 4 rings (SSSR count). The molecule has 0 bridgehead atoms. The van der Waals surface area contributed by atoms with Crippen molar-refractivity contribution in [3.05, 3.63) is 58.0 Å². The molecule has 28 heavy (non-hydrogen) atoms. The van der Waals surface area contributed by atoms with Gasteiger partial charge >= 0.3 is 11.7 Å². The zero-order valence-corrected chi connectivity index (χ0v) is 16.4. The molecule has 0 saturated heterocycles. The molecule has 3 aromatic heterocycles. The van der Waals surface area contributed by atoms with Crippen LogP contribution in [-0.4, -0.2) is 22.7 Å². The number of nitrogens with zero attached hydrogens (tertiary/aromatic N) is 2. The van der Waals surface area contributed by atoms with Crippen molar-refractivity contribution in [1.29, 1.82) is 0 Å². The van der Waals surface area contributed by atoms with Crippen molar-refractivity contribution in [1.82, 2.24) is 9.97 Å². The van der Waals surface area contributed by atoms with Gasteiger partial charge in [0.25, 0.3) is 0 Å². The van der Waals surface area contributed by atoms with Crippen LogP contribution < -0.4 is 10.9 Å². The summed E-state index contributed by atoms with van der Waals surface area (Å²) in [7, 11) is 0. The highest BCUT2D eigenvalue weighted by Crippen LogP contribution is 2.32. The molecule has 0 fully saturated rings. The van der Waals surface area contributed by atoms with Crippen molar-refractivity contribution in [2.75, 3.05) is 11.9 Å². The fourth-order valence-corrected chi connectivity index (χ4v) is 4.66. The molecule has 0 aliphatic rings. The first-order valence-electron chi connectivity index (χ1n) is 8.45. The van der Waals surface area contributed by atoms with E-state index in [1.807, 2.05) is 17.5 Å². The molecule has 0 saturated carbocycles. The van der Waals surface area contributed by atoms with E-state index in [2.05, 4.69) is 15.3 Å². The number of fused-ring (bicyclic) bond motifs is 2. The molecule has 3 heterocycles. The highest BCUT2D eigenvalue weighted by molar-refractivity contribution is 7.98. The molecule has 0 spiro atoms. The maximum Gasteiger partial charge on any atom is 0.411 e. The van der Waals surface area contributed by atoms with Gasteiger partial charge in [-0.15, -0.1) is 23.1 Å². The smallest absolute Gasteiger partial charge is 0.411 e. The van der Waals surface area contributed by atoms with Crippen LogP contribution in [0.4, 0.5) is 10.5 Å². The molecular formula is C19H15N3O4S2. The summed E-state index contributed by atoms with van der Waals surface area (Å²) in [5.74, 6) is 0.552. The predicted octanol–water partition coefficient (Wildman–Crippen LogP) is 4.66. The van der Waals surface area contributed by atoms with Gasteiger partial charge < -0.3 is 9.15 Å². The lowest BCUT2D eigenvalue weighted by Crippen LogP contribution is -2.13. The van der Waals surface area contributed by atoms with E-state index >= 15 is 0 Å². The van der Waals surface area contributed by atoms with Crippen molar-refractivity contribution in [3.8, 4) is 0 Å². The Labute approximate surface area is 167 Å². The molecule has 1 N–H and O–H groups in total. The zero-order chi connectivity index (χ0) is 19.5. The normalized spacial score (nSPS) is 11.0. The zero-order valence-electron chi connectivity index (χ0n) is 14.8. The summed E-state index contributed by atoms with van der Waals surface area (Å²) in [5, 5.41) is 6.27.